The van der Waals surface area contributed by atoms with E-state index in [1.807, 2.05) is 20.8 Å². The molecule has 3 rings (SSSR count). The Labute approximate surface area is 187 Å². The molecule has 2 aromatic heterocycles. The molecule has 0 aliphatic heterocycles. The van der Waals surface area contributed by atoms with E-state index >= 15 is 0 Å². The molecule has 3 aromatic rings. The van der Waals surface area contributed by atoms with Crippen LogP contribution in [0.4, 0.5) is 27.8 Å². The van der Waals surface area contributed by atoms with Crippen LogP contribution in [-0.4, -0.2) is 37.7 Å². The maximum absolute atomic E-state index is 13.2. The van der Waals surface area contributed by atoms with Gasteiger partial charge >= 0.3 is 0 Å². The summed E-state index contributed by atoms with van der Waals surface area (Å²) in [5.41, 5.74) is 0.900. The molecule has 0 saturated carbocycles. The van der Waals surface area contributed by atoms with Crippen molar-refractivity contribution in [2.45, 2.75) is 32.9 Å². The molecule has 10 heteroatoms. The number of benzene rings is 1. The summed E-state index contributed by atoms with van der Waals surface area (Å²) in [6.07, 6.45) is 4.76. The minimum atomic E-state index is -0.285. The summed E-state index contributed by atoms with van der Waals surface area (Å²) >= 11 is 0. The summed E-state index contributed by atoms with van der Waals surface area (Å²) in [4.78, 5) is 17.3. The Morgan fingerprint density at radius 1 is 0.968 bits per heavy atom. The number of aliphatic hydroxyl groups excluding tert-OH is 1. The van der Waals surface area contributed by atoms with Crippen molar-refractivity contribution in [3.63, 3.8) is 0 Å². The van der Waals surface area contributed by atoms with Gasteiger partial charge in [0.25, 0.3) is 0 Å². The van der Waals surface area contributed by atoms with Crippen molar-refractivity contribution < 1.29 is 9.50 Å². The molecule has 4 N–H and O–H groups in total. The summed E-state index contributed by atoms with van der Waals surface area (Å²) in [6, 6.07) is 7.70. The number of halogens is 2. The SMILES string of the molecule is CC(C)[C@@H](CO)Nc1cc(Nc2cnccn2)nc(N[C@@H](C)c2ccc(F)cc2)n1.Cl. The molecule has 0 unspecified atom stereocenters. The quantitative estimate of drug-likeness (QED) is 0.387. The average Bonchev–Trinajstić information content (AvgIpc) is 2.73. The van der Waals surface area contributed by atoms with E-state index in [-0.39, 0.29) is 42.8 Å². The van der Waals surface area contributed by atoms with Crippen LogP contribution in [0.2, 0.25) is 0 Å². The normalized spacial score (nSPS) is 12.6. The Morgan fingerprint density at radius 3 is 2.29 bits per heavy atom. The number of rotatable bonds is 9. The Bertz CT molecular complexity index is 944. The van der Waals surface area contributed by atoms with Crippen molar-refractivity contribution in [3.05, 3.63) is 60.3 Å². The molecule has 0 amide bonds. The zero-order valence-corrected chi connectivity index (χ0v) is 18.4. The molecule has 0 bridgehead atoms. The number of anilines is 4. The average molecular weight is 448 g/mol. The van der Waals surface area contributed by atoms with Crippen molar-refractivity contribution in [2.24, 2.45) is 5.92 Å². The highest BCUT2D eigenvalue weighted by Gasteiger charge is 2.15. The lowest BCUT2D eigenvalue weighted by Gasteiger charge is -2.22. The summed E-state index contributed by atoms with van der Waals surface area (Å²) in [5.74, 6) is 1.91. The minimum Gasteiger partial charge on any atom is -0.394 e. The van der Waals surface area contributed by atoms with E-state index in [4.69, 9.17) is 0 Å². The fourth-order valence-electron chi connectivity index (χ4n) is 2.79. The van der Waals surface area contributed by atoms with Gasteiger partial charge in [-0.2, -0.15) is 9.97 Å². The second-order valence-electron chi connectivity index (χ2n) is 7.27. The first-order chi connectivity index (χ1) is 14.4. The molecular weight excluding hydrogens is 421 g/mol. The van der Waals surface area contributed by atoms with Gasteiger partial charge in [-0.15, -0.1) is 12.4 Å². The van der Waals surface area contributed by atoms with E-state index in [1.165, 1.54) is 12.1 Å². The first-order valence-corrected chi connectivity index (χ1v) is 9.76. The molecule has 2 heterocycles. The molecule has 0 saturated heterocycles. The first kappa shape index (κ1) is 24.2. The lowest BCUT2D eigenvalue weighted by atomic mass is 10.1. The molecule has 1 aromatic carbocycles. The minimum absolute atomic E-state index is 0. The van der Waals surface area contributed by atoms with E-state index in [0.29, 0.717) is 23.4 Å². The van der Waals surface area contributed by atoms with E-state index in [0.717, 1.165) is 5.56 Å². The number of aromatic nitrogens is 4. The van der Waals surface area contributed by atoms with Gasteiger partial charge in [0, 0.05) is 18.5 Å². The maximum Gasteiger partial charge on any atom is 0.227 e. The van der Waals surface area contributed by atoms with Gasteiger partial charge in [-0.3, -0.25) is 4.98 Å². The van der Waals surface area contributed by atoms with Gasteiger partial charge in [0.05, 0.1) is 24.9 Å². The van der Waals surface area contributed by atoms with Crippen LogP contribution in [0.5, 0.6) is 0 Å². The number of aliphatic hydroxyl groups is 1. The molecule has 166 valence electrons. The van der Waals surface area contributed by atoms with Crippen molar-refractivity contribution in [3.8, 4) is 0 Å². The smallest absolute Gasteiger partial charge is 0.227 e. The third-order valence-electron chi connectivity index (χ3n) is 4.60. The van der Waals surface area contributed by atoms with Gasteiger partial charge in [0.1, 0.15) is 23.3 Å². The monoisotopic (exact) mass is 447 g/mol. The molecular formula is C21H27ClFN7O. The first-order valence-electron chi connectivity index (χ1n) is 9.76. The maximum atomic E-state index is 13.2. The van der Waals surface area contributed by atoms with Crippen molar-refractivity contribution in [2.75, 3.05) is 22.6 Å². The lowest BCUT2D eigenvalue weighted by Crippen LogP contribution is -2.30. The fourth-order valence-corrected chi connectivity index (χ4v) is 2.79. The van der Waals surface area contributed by atoms with E-state index < -0.39 is 0 Å². The lowest BCUT2D eigenvalue weighted by molar-refractivity contribution is 0.249. The molecule has 2 atom stereocenters. The fraction of sp³-hybridized carbons (Fsp3) is 0.333. The van der Waals surface area contributed by atoms with E-state index in [9.17, 15) is 9.50 Å². The van der Waals surface area contributed by atoms with Gasteiger partial charge < -0.3 is 21.1 Å². The van der Waals surface area contributed by atoms with Gasteiger partial charge in [0.15, 0.2) is 0 Å². The van der Waals surface area contributed by atoms with Crippen LogP contribution in [-0.2, 0) is 0 Å². The highest BCUT2D eigenvalue weighted by atomic mass is 35.5. The topological polar surface area (TPSA) is 108 Å². The van der Waals surface area contributed by atoms with Crippen LogP contribution in [0.15, 0.2) is 48.9 Å². The predicted octanol–water partition coefficient (Wildman–Crippen LogP) is 4.17. The zero-order chi connectivity index (χ0) is 21.5. The third-order valence-corrected chi connectivity index (χ3v) is 4.60. The van der Waals surface area contributed by atoms with Crippen molar-refractivity contribution >= 4 is 35.8 Å². The molecule has 8 nitrogen and oxygen atoms in total. The standard InChI is InChI=1S/C21H26FN7O.ClH/c1-13(2)17(12-30)26-18-10-19(27-20-11-23-8-9-24-20)29-21(28-18)25-14(3)15-4-6-16(22)7-5-15;/h4-11,13-14,17,30H,12H2,1-3H3,(H3,24,25,26,27,28,29);1H/t14-,17+;/m0./s1. The van der Waals surface area contributed by atoms with Crippen LogP contribution in [0, 0.1) is 11.7 Å². The molecule has 0 aliphatic carbocycles. The second-order valence-corrected chi connectivity index (χ2v) is 7.27. The summed E-state index contributed by atoms with van der Waals surface area (Å²) < 4.78 is 13.2. The van der Waals surface area contributed by atoms with E-state index in [2.05, 4.69) is 35.9 Å². The van der Waals surface area contributed by atoms with Gasteiger partial charge in [-0.05, 0) is 30.5 Å². The highest BCUT2D eigenvalue weighted by Crippen LogP contribution is 2.23. The number of hydrogen-bond acceptors (Lipinski definition) is 8. The van der Waals surface area contributed by atoms with Crippen LogP contribution < -0.4 is 16.0 Å². The molecule has 0 fully saturated rings. The summed E-state index contributed by atoms with van der Waals surface area (Å²) in [6.45, 7) is 5.95. The molecule has 31 heavy (non-hydrogen) atoms. The van der Waals surface area contributed by atoms with Crippen molar-refractivity contribution in [1.29, 1.82) is 0 Å². The van der Waals surface area contributed by atoms with Crippen LogP contribution in [0.1, 0.15) is 32.4 Å². The van der Waals surface area contributed by atoms with E-state index in [1.54, 1.807) is 36.8 Å². The number of nitrogens with zero attached hydrogens (tertiary/aromatic N) is 4. The Kier molecular flexibility index (Phi) is 8.89. The van der Waals surface area contributed by atoms with Crippen LogP contribution in [0.25, 0.3) is 0 Å². The van der Waals surface area contributed by atoms with Crippen LogP contribution >= 0.6 is 12.4 Å². The Hall–Kier alpha value is -3.04. The summed E-state index contributed by atoms with van der Waals surface area (Å²) in [7, 11) is 0. The zero-order valence-electron chi connectivity index (χ0n) is 17.6. The van der Waals surface area contributed by atoms with Crippen LogP contribution in [0.3, 0.4) is 0 Å². The Morgan fingerprint density at radius 2 is 1.68 bits per heavy atom. The largest absolute Gasteiger partial charge is 0.394 e. The molecule has 0 radical (unpaired) electrons. The Balaban J connectivity index is 0.00000341. The number of nitrogens with one attached hydrogen (secondary N) is 3. The second kappa shape index (κ2) is 11.4. The summed E-state index contributed by atoms with van der Waals surface area (Å²) in [5, 5.41) is 19.3. The number of hydrogen-bond donors (Lipinski definition) is 4. The molecule has 0 aliphatic rings. The predicted molar refractivity (Wildman–Crippen MR) is 122 cm³/mol. The van der Waals surface area contributed by atoms with Gasteiger partial charge in [-0.1, -0.05) is 26.0 Å². The van der Waals surface area contributed by atoms with Crippen molar-refractivity contribution in [1.82, 2.24) is 19.9 Å². The molecule has 0 spiro atoms. The van der Waals surface area contributed by atoms with Gasteiger partial charge in [-0.25, -0.2) is 9.37 Å². The highest BCUT2D eigenvalue weighted by molar-refractivity contribution is 5.85. The third kappa shape index (κ3) is 7.01. The van der Waals surface area contributed by atoms with Gasteiger partial charge in [0.2, 0.25) is 5.95 Å².